The summed E-state index contributed by atoms with van der Waals surface area (Å²) < 4.78 is 0. The first-order valence-corrected chi connectivity index (χ1v) is 7.10. The van der Waals surface area contributed by atoms with Crippen molar-refractivity contribution in [1.29, 1.82) is 0 Å². The molecule has 21 heavy (non-hydrogen) atoms. The molecule has 0 aliphatic heterocycles. The highest BCUT2D eigenvalue weighted by Gasteiger charge is 1.94. The molecule has 4 nitrogen and oxygen atoms in total. The van der Waals surface area contributed by atoms with E-state index in [1.807, 2.05) is 24.3 Å². The molecule has 0 fully saturated rings. The lowest BCUT2D eigenvalue weighted by molar-refractivity contribution is 0.795. The summed E-state index contributed by atoms with van der Waals surface area (Å²) in [6, 6.07) is 15.6. The van der Waals surface area contributed by atoms with E-state index in [4.69, 9.17) is 5.53 Å². The lowest BCUT2D eigenvalue weighted by atomic mass is 10.1. The third-order valence-corrected chi connectivity index (χ3v) is 3.17. The summed E-state index contributed by atoms with van der Waals surface area (Å²) in [6.07, 6.45) is 5.37. The van der Waals surface area contributed by atoms with Gasteiger partial charge in [-0.05, 0) is 41.6 Å². The van der Waals surface area contributed by atoms with Crippen LogP contribution in [0.1, 0.15) is 30.9 Å². The second kappa shape index (κ2) is 7.88. The van der Waals surface area contributed by atoms with Gasteiger partial charge in [-0.15, -0.1) is 0 Å². The second-order valence-corrected chi connectivity index (χ2v) is 4.81. The van der Waals surface area contributed by atoms with Gasteiger partial charge in [-0.1, -0.05) is 54.9 Å². The van der Waals surface area contributed by atoms with Gasteiger partial charge >= 0.3 is 0 Å². The van der Waals surface area contributed by atoms with Crippen LogP contribution >= 0.6 is 0 Å². The number of unbranched alkanes of at least 4 members (excludes halogenated alkanes) is 1. The first-order chi connectivity index (χ1) is 10.3. The summed E-state index contributed by atoms with van der Waals surface area (Å²) in [5.74, 6) is 0. The van der Waals surface area contributed by atoms with E-state index in [1.54, 1.807) is 18.3 Å². The van der Waals surface area contributed by atoms with Crippen LogP contribution in [0.3, 0.4) is 0 Å². The molecule has 0 unspecified atom stereocenters. The Labute approximate surface area is 124 Å². The fourth-order valence-corrected chi connectivity index (χ4v) is 1.96. The van der Waals surface area contributed by atoms with Gasteiger partial charge in [0.15, 0.2) is 0 Å². The van der Waals surface area contributed by atoms with Gasteiger partial charge in [0.1, 0.15) is 0 Å². The smallest absolute Gasteiger partial charge is 0.0630 e. The summed E-state index contributed by atoms with van der Waals surface area (Å²) in [7, 11) is 0. The van der Waals surface area contributed by atoms with Crippen LogP contribution in [0.15, 0.2) is 58.6 Å². The maximum absolute atomic E-state index is 8.35. The topological polar surface area (TPSA) is 61.1 Å². The number of aryl methyl sites for hydroxylation is 1. The summed E-state index contributed by atoms with van der Waals surface area (Å²) in [4.78, 5) is 7.20. The first-order valence-electron chi connectivity index (χ1n) is 7.10. The molecule has 0 atom stereocenters. The molecule has 0 aliphatic carbocycles. The summed E-state index contributed by atoms with van der Waals surface area (Å²) in [5, 5.41) is 3.54. The molecular weight excluding hydrogens is 260 g/mol. The Morgan fingerprint density at radius 3 is 2.29 bits per heavy atom. The van der Waals surface area contributed by atoms with Crippen LogP contribution in [0.25, 0.3) is 10.4 Å². The van der Waals surface area contributed by atoms with Gasteiger partial charge in [-0.25, -0.2) is 0 Å². The highest BCUT2D eigenvalue weighted by Crippen LogP contribution is 2.16. The Hall–Kier alpha value is -2.58. The quantitative estimate of drug-likeness (QED) is 0.281. The summed E-state index contributed by atoms with van der Waals surface area (Å²) >= 11 is 0. The van der Waals surface area contributed by atoms with E-state index in [9.17, 15) is 0 Å². The van der Waals surface area contributed by atoms with Crippen LogP contribution in [0.4, 0.5) is 11.4 Å². The Balaban J connectivity index is 2.01. The minimum Gasteiger partial charge on any atom is -0.256 e. The Kier molecular flexibility index (Phi) is 5.56. The first kappa shape index (κ1) is 14.8. The van der Waals surface area contributed by atoms with Gasteiger partial charge in [-0.2, -0.15) is 0 Å². The molecular formula is C17H18N4. The maximum atomic E-state index is 8.35. The lowest BCUT2D eigenvalue weighted by Crippen LogP contribution is -1.83. The molecule has 0 spiro atoms. The molecule has 0 saturated carbocycles. The maximum Gasteiger partial charge on any atom is 0.0630 e. The van der Waals surface area contributed by atoms with Crippen LogP contribution in [-0.4, -0.2) is 6.21 Å². The fourth-order valence-electron chi connectivity index (χ4n) is 1.96. The molecule has 0 aromatic heterocycles. The van der Waals surface area contributed by atoms with Crippen LogP contribution < -0.4 is 0 Å². The van der Waals surface area contributed by atoms with Crippen LogP contribution in [0.5, 0.6) is 0 Å². The number of rotatable bonds is 6. The van der Waals surface area contributed by atoms with Crippen LogP contribution in [-0.2, 0) is 6.42 Å². The highest BCUT2D eigenvalue weighted by atomic mass is 15.1. The van der Waals surface area contributed by atoms with E-state index < -0.39 is 0 Å². The molecule has 0 bridgehead atoms. The van der Waals surface area contributed by atoms with Crippen molar-refractivity contribution < 1.29 is 0 Å². The normalized spacial score (nSPS) is 10.5. The van der Waals surface area contributed by atoms with Gasteiger partial charge in [0.05, 0.1) is 5.69 Å². The average Bonchev–Trinajstić information content (AvgIpc) is 2.53. The number of hydrogen-bond donors (Lipinski definition) is 0. The Bertz CT molecular complexity index is 635. The zero-order valence-corrected chi connectivity index (χ0v) is 12.1. The highest BCUT2D eigenvalue weighted by molar-refractivity contribution is 5.82. The van der Waals surface area contributed by atoms with Gasteiger partial charge in [0, 0.05) is 16.8 Å². The number of aliphatic imine (C=N–C) groups is 1. The molecule has 0 aliphatic rings. The van der Waals surface area contributed by atoms with Crippen molar-refractivity contribution in [2.45, 2.75) is 26.2 Å². The summed E-state index contributed by atoms with van der Waals surface area (Å²) in [5.41, 5.74) is 12.2. The molecule has 2 aromatic carbocycles. The van der Waals surface area contributed by atoms with Crippen LogP contribution in [0, 0.1) is 0 Å². The van der Waals surface area contributed by atoms with E-state index in [2.05, 4.69) is 34.1 Å². The van der Waals surface area contributed by atoms with Crippen molar-refractivity contribution in [1.82, 2.24) is 0 Å². The number of hydrogen-bond acceptors (Lipinski definition) is 2. The largest absolute Gasteiger partial charge is 0.256 e. The van der Waals surface area contributed by atoms with Gasteiger partial charge in [0.2, 0.25) is 0 Å². The van der Waals surface area contributed by atoms with Crippen molar-refractivity contribution in [3.63, 3.8) is 0 Å². The molecule has 4 heteroatoms. The van der Waals surface area contributed by atoms with Crippen LogP contribution in [0.2, 0.25) is 0 Å². The van der Waals surface area contributed by atoms with E-state index in [0.29, 0.717) is 5.69 Å². The zero-order valence-electron chi connectivity index (χ0n) is 12.1. The predicted molar refractivity (Wildman–Crippen MR) is 87.6 cm³/mol. The predicted octanol–water partition coefficient (Wildman–Crippen LogP) is 5.72. The zero-order chi connectivity index (χ0) is 14.9. The Morgan fingerprint density at radius 2 is 1.67 bits per heavy atom. The third-order valence-electron chi connectivity index (χ3n) is 3.17. The number of benzene rings is 2. The van der Waals surface area contributed by atoms with Gasteiger partial charge in [0.25, 0.3) is 0 Å². The molecule has 0 saturated heterocycles. The molecule has 2 aromatic rings. The average molecular weight is 278 g/mol. The standard InChI is InChI=1S/C17H18N4/c1-2-3-4-14-5-9-16(10-6-14)19-13-15-7-11-17(12-8-15)20-21-18/h5-13H,2-4H2,1H3. The number of azide groups is 1. The van der Waals surface area contributed by atoms with Gasteiger partial charge in [-0.3, -0.25) is 4.99 Å². The minimum absolute atomic E-state index is 0.606. The van der Waals surface area contributed by atoms with Crippen molar-refractivity contribution >= 4 is 17.6 Å². The molecule has 0 amide bonds. The van der Waals surface area contributed by atoms with Gasteiger partial charge < -0.3 is 0 Å². The fraction of sp³-hybridized carbons (Fsp3) is 0.235. The van der Waals surface area contributed by atoms with Crippen molar-refractivity contribution in [2.24, 2.45) is 10.1 Å². The molecule has 106 valence electrons. The third kappa shape index (κ3) is 4.79. The minimum atomic E-state index is 0.606. The van der Waals surface area contributed by atoms with E-state index >= 15 is 0 Å². The van der Waals surface area contributed by atoms with E-state index in [-0.39, 0.29) is 0 Å². The monoisotopic (exact) mass is 278 g/mol. The van der Waals surface area contributed by atoms with Crippen molar-refractivity contribution in [3.8, 4) is 0 Å². The second-order valence-electron chi connectivity index (χ2n) is 4.81. The Morgan fingerprint density at radius 1 is 1.00 bits per heavy atom. The van der Waals surface area contributed by atoms with Crippen molar-refractivity contribution in [2.75, 3.05) is 0 Å². The lowest BCUT2D eigenvalue weighted by Gasteiger charge is -2.00. The number of nitrogens with zero attached hydrogens (tertiary/aromatic N) is 4. The van der Waals surface area contributed by atoms with E-state index in [0.717, 1.165) is 17.7 Å². The molecule has 0 N–H and O–H groups in total. The molecule has 0 heterocycles. The SMILES string of the molecule is CCCCc1ccc(N=Cc2ccc(N=[N+]=[N-])cc2)cc1. The van der Waals surface area contributed by atoms with Crippen molar-refractivity contribution in [3.05, 3.63) is 70.1 Å². The van der Waals surface area contributed by atoms with E-state index in [1.165, 1.54) is 18.4 Å². The summed E-state index contributed by atoms with van der Waals surface area (Å²) in [6.45, 7) is 2.20. The molecule has 2 rings (SSSR count). The molecule has 0 radical (unpaired) electrons.